The van der Waals surface area contributed by atoms with Crippen molar-refractivity contribution in [3.05, 3.63) is 41.5 Å². The first kappa shape index (κ1) is 15.2. The molecule has 0 fully saturated rings. The third kappa shape index (κ3) is 2.70. The van der Waals surface area contributed by atoms with Gasteiger partial charge in [-0.05, 0) is 43.2 Å². The predicted molar refractivity (Wildman–Crippen MR) is 85.2 cm³/mol. The zero-order chi connectivity index (χ0) is 16.4. The number of ether oxygens (including phenoxy) is 4. The lowest BCUT2D eigenvalue weighted by molar-refractivity contribution is 0.0525. The lowest BCUT2D eigenvalue weighted by Crippen LogP contribution is -2.06. The summed E-state index contributed by atoms with van der Waals surface area (Å²) in [6.07, 6.45) is 0. The van der Waals surface area contributed by atoms with Gasteiger partial charge in [-0.25, -0.2) is 4.79 Å². The lowest BCUT2D eigenvalue weighted by Gasteiger charge is -2.11. The van der Waals surface area contributed by atoms with Crippen LogP contribution in [0.5, 0.6) is 17.2 Å². The van der Waals surface area contributed by atoms with Crippen molar-refractivity contribution in [2.24, 2.45) is 0 Å². The molecule has 23 heavy (non-hydrogen) atoms. The van der Waals surface area contributed by atoms with Gasteiger partial charge in [-0.15, -0.1) is 0 Å². The van der Waals surface area contributed by atoms with Crippen molar-refractivity contribution in [1.82, 2.24) is 0 Å². The van der Waals surface area contributed by atoms with E-state index in [9.17, 15) is 4.79 Å². The van der Waals surface area contributed by atoms with Crippen LogP contribution in [0.4, 0.5) is 0 Å². The number of aryl methyl sites for hydroxylation is 1. The van der Waals surface area contributed by atoms with Crippen molar-refractivity contribution >= 4 is 5.97 Å². The van der Waals surface area contributed by atoms with Crippen molar-refractivity contribution in [2.75, 3.05) is 20.5 Å². The highest BCUT2D eigenvalue weighted by Crippen LogP contribution is 2.47. The Morgan fingerprint density at radius 1 is 1.17 bits per heavy atom. The summed E-state index contributed by atoms with van der Waals surface area (Å²) in [6, 6.07) is 9.36. The van der Waals surface area contributed by atoms with Crippen LogP contribution in [0.3, 0.4) is 0 Å². The molecule has 0 bridgehead atoms. The summed E-state index contributed by atoms with van der Waals surface area (Å²) in [5.74, 6) is 1.60. The SMILES string of the molecule is CCOC(=O)c1ccc(-c2ccc(OC)c3c2OCO3)cc1C. The van der Waals surface area contributed by atoms with Crippen LogP contribution >= 0.6 is 0 Å². The van der Waals surface area contributed by atoms with Gasteiger partial charge in [0.1, 0.15) is 0 Å². The molecule has 0 N–H and O–H groups in total. The molecular weight excluding hydrogens is 296 g/mol. The minimum Gasteiger partial charge on any atom is -0.493 e. The summed E-state index contributed by atoms with van der Waals surface area (Å²) in [5.41, 5.74) is 3.26. The standard InChI is InChI=1S/C18H18O5/c1-4-21-18(19)13-6-5-12(9-11(13)2)14-7-8-15(20-3)17-16(14)22-10-23-17/h5-9H,4,10H2,1-3H3. The van der Waals surface area contributed by atoms with E-state index in [-0.39, 0.29) is 12.8 Å². The Kier molecular flexibility index (Phi) is 4.10. The zero-order valence-corrected chi connectivity index (χ0v) is 13.3. The van der Waals surface area contributed by atoms with E-state index in [0.717, 1.165) is 16.7 Å². The van der Waals surface area contributed by atoms with Crippen molar-refractivity contribution in [3.8, 4) is 28.4 Å². The number of rotatable bonds is 4. The topological polar surface area (TPSA) is 54.0 Å². The van der Waals surface area contributed by atoms with E-state index in [1.54, 1.807) is 20.1 Å². The summed E-state index contributed by atoms with van der Waals surface area (Å²) >= 11 is 0. The number of hydrogen-bond acceptors (Lipinski definition) is 5. The molecule has 0 saturated carbocycles. The summed E-state index contributed by atoms with van der Waals surface area (Å²) in [5, 5.41) is 0. The van der Waals surface area contributed by atoms with Crippen LogP contribution < -0.4 is 14.2 Å². The Hall–Kier alpha value is -2.69. The van der Waals surface area contributed by atoms with Gasteiger partial charge in [-0.2, -0.15) is 0 Å². The largest absolute Gasteiger partial charge is 0.493 e. The van der Waals surface area contributed by atoms with Crippen LogP contribution in [-0.4, -0.2) is 26.5 Å². The first-order chi connectivity index (χ1) is 11.2. The molecule has 0 amide bonds. The monoisotopic (exact) mass is 314 g/mol. The van der Waals surface area contributed by atoms with Gasteiger partial charge < -0.3 is 18.9 Å². The fourth-order valence-corrected chi connectivity index (χ4v) is 2.63. The van der Waals surface area contributed by atoms with Crippen LogP contribution in [0.25, 0.3) is 11.1 Å². The molecule has 120 valence electrons. The third-order valence-electron chi connectivity index (χ3n) is 3.74. The summed E-state index contributed by atoms with van der Waals surface area (Å²) < 4.78 is 21.4. The molecule has 0 unspecified atom stereocenters. The molecule has 2 aromatic carbocycles. The molecule has 0 spiro atoms. The van der Waals surface area contributed by atoms with Gasteiger partial charge in [0.2, 0.25) is 12.5 Å². The lowest BCUT2D eigenvalue weighted by atomic mass is 9.98. The molecular formula is C18H18O5. The molecule has 2 aromatic rings. The van der Waals surface area contributed by atoms with E-state index in [4.69, 9.17) is 18.9 Å². The van der Waals surface area contributed by atoms with Gasteiger partial charge in [0, 0.05) is 5.56 Å². The minimum atomic E-state index is -0.309. The maximum atomic E-state index is 11.9. The average molecular weight is 314 g/mol. The second-order valence-electron chi connectivity index (χ2n) is 5.13. The van der Waals surface area contributed by atoms with Gasteiger partial charge in [0.25, 0.3) is 0 Å². The molecule has 0 atom stereocenters. The molecule has 0 saturated heterocycles. The molecule has 0 aromatic heterocycles. The van der Waals surface area contributed by atoms with Gasteiger partial charge in [0.05, 0.1) is 19.3 Å². The number of methoxy groups -OCH3 is 1. The molecule has 5 nitrogen and oxygen atoms in total. The van der Waals surface area contributed by atoms with Crippen molar-refractivity contribution in [3.63, 3.8) is 0 Å². The third-order valence-corrected chi connectivity index (χ3v) is 3.74. The molecule has 1 aliphatic heterocycles. The molecule has 3 rings (SSSR count). The van der Waals surface area contributed by atoms with Crippen LogP contribution in [-0.2, 0) is 4.74 Å². The van der Waals surface area contributed by atoms with E-state index in [2.05, 4.69) is 0 Å². The summed E-state index contributed by atoms with van der Waals surface area (Å²) in [6.45, 7) is 4.20. The quantitative estimate of drug-likeness (QED) is 0.807. The van der Waals surface area contributed by atoms with Crippen molar-refractivity contribution < 1.29 is 23.7 Å². The highest BCUT2D eigenvalue weighted by Gasteiger charge is 2.24. The van der Waals surface area contributed by atoms with Crippen LogP contribution in [0.1, 0.15) is 22.8 Å². The minimum absolute atomic E-state index is 0.169. The normalized spacial score (nSPS) is 12.1. The Morgan fingerprint density at radius 2 is 1.96 bits per heavy atom. The number of benzene rings is 2. The van der Waals surface area contributed by atoms with E-state index in [1.165, 1.54) is 0 Å². The molecule has 5 heteroatoms. The summed E-state index contributed by atoms with van der Waals surface area (Å²) in [4.78, 5) is 11.9. The van der Waals surface area contributed by atoms with Crippen molar-refractivity contribution in [1.29, 1.82) is 0 Å². The number of hydrogen-bond donors (Lipinski definition) is 0. The second kappa shape index (κ2) is 6.20. The zero-order valence-electron chi connectivity index (χ0n) is 13.3. The smallest absolute Gasteiger partial charge is 0.338 e. The maximum Gasteiger partial charge on any atom is 0.338 e. The molecule has 0 aliphatic carbocycles. The highest BCUT2D eigenvalue weighted by molar-refractivity contribution is 5.92. The van der Waals surface area contributed by atoms with Crippen molar-refractivity contribution in [2.45, 2.75) is 13.8 Å². The average Bonchev–Trinajstić information content (AvgIpc) is 3.03. The first-order valence-electron chi connectivity index (χ1n) is 7.40. The highest BCUT2D eigenvalue weighted by atomic mass is 16.7. The Bertz CT molecular complexity index is 751. The van der Waals surface area contributed by atoms with E-state index >= 15 is 0 Å². The Balaban J connectivity index is 2.02. The number of fused-ring (bicyclic) bond motifs is 1. The fraction of sp³-hybridized carbons (Fsp3) is 0.278. The van der Waals surface area contributed by atoms with E-state index < -0.39 is 0 Å². The van der Waals surface area contributed by atoms with E-state index in [0.29, 0.717) is 29.4 Å². The van der Waals surface area contributed by atoms with Gasteiger partial charge in [0.15, 0.2) is 11.5 Å². The number of esters is 1. The van der Waals surface area contributed by atoms with Gasteiger partial charge in [-0.3, -0.25) is 0 Å². The van der Waals surface area contributed by atoms with Crippen LogP contribution in [0, 0.1) is 6.92 Å². The predicted octanol–water partition coefficient (Wildman–Crippen LogP) is 3.58. The Labute approximate surface area is 134 Å². The Morgan fingerprint density at radius 3 is 2.65 bits per heavy atom. The van der Waals surface area contributed by atoms with E-state index in [1.807, 2.05) is 31.2 Å². The summed E-state index contributed by atoms with van der Waals surface area (Å²) in [7, 11) is 1.59. The number of carbonyl (C=O) groups excluding carboxylic acids is 1. The van der Waals surface area contributed by atoms with Gasteiger partial charge in [-0.1, -0.05) is 12.1 Å². The van der Waals surface area contributed by atoms with Gasteiger partial charge >= 0.3 is 5.97 Å². The fourth-order valence-electron chi connectivity index (χ4n) is 2.63. The maximum absolute atomic E-state index is 11.9. The number of carbonyl (C=O) groups is 1. The first-order valence-corrected chi connectivity index (χ1v) is 7.40. The van der Waals surface area contributed by atoms with Crippen LogP contribution in [0.15, 0.2) is 30.3 Å². The molecule has 1 heterocycles. The second-order valence-corrected chi connectivity index (χ2v) is 5.13. The molecule has 0 radical (unpaired) electrons. The van der Waals surface area contributed by atoms with Crippen LogP contribution in [0.2, 0.25) is 0 Å². The molecule has 1 aliphatic rings.